The normalized spacial score (nSPS) is 10.9. The molecule has 6 nitrogen and oxygen atoms in total. The number of aromatic nitrogens is 2. The average molecular weight is 443 g/mol. The third-order valence-electron chi connectivity index (χ3n) is 5.00. The molecule has 0 amide bonds. The lowest BCUT2D eigenvalue weighted by Gasteiger charge is -2.13. The van der Waals surface area contributed by atoms with Crippen molar-refractivity contribution in [3.05, 3.63) is 78.8 Å². The van der Waals surface area contributed by atoms with Crippen LogP contribution < -0.4 is 5.56 Å². The third kappa shape index (κ3) is 3.62. The number of ether oxygens (including phenoxy) is 1. The molecule has 0 unspecified atom stereocenters. The first-order chi connectivity index (χ1) is 13.2. The predicted octanol–water partition coefficient (Wildman–Crippen LogP) is 3.73. The zero-order valence-corrected chi connectivity index (χ0v) is 17.6. The summed E-state index contributed by atoms with van der Waals surface area (Å²) in [7, 11) is 0. The molecule has 0 aliphatic carbocycles. The first kappa shape index (κ1) is 19.9. The monoisotopic (exact) mass is 442 g/mol. The van der Waals surface area contributed by atoms with Gasteiger partial charge in [-0.05, 0) is 84.1 Å². The van der Waals surface area contributed by atoms with Crippen molar-refractivity contribution in [1.82, 2.24) is 9.38 Å². The highest BCUT2D eigenvalue weighted by Crippen LogP contribution is 2.21. The fraction of sp³-hybridized carbons (Fsp3) is 0.238. The number of hydrogen-bond donors (Lipinski definition) is 0. The predicted molar refractivity (Wildman–Crippen MR) is 109 cm³/mol. The number of carbonyl (C=O) groups excluding carboxylic acids is 2. The summed E-state index contributed by atoms with van der Waals surface area (Å²) in [5.41, 5.74) is 4.18. The van der Waals surface area contributed by atoms with Crippen molar-refractivity contribution in [2.45, 2.75) is 27.7 Å². The second-order valence-corrected chi connectivity index (χ2v) is 7.58. The van der Waals surface area contributed by atoms with Gasteiger partial charge >= 0.3 is 5.97 Å². The molecule has 0 N–H and O–H groups in total. The van der Waals surface area contributed by atoms with E-state index in [-0.39, 0.29) is 11.3 Å². The second-order valence-electron chi connectivity index (χ2n) is 6.67. The van der Waals surface area contributed by atoms with Gasteiger partial charge in [0.2, 0.25) is 5.78 Å². The number of pyridine rings is 1. The summed E-state index contributed by atoms with van der Waals surface area (Å²) < 4.78 is 7.04. The number of hydrogen-bond acceptors (Lipinski definition) is 5. The van der Waals surface area contributed by atoms with Gasteiger partial charge in [0, 0.05) is 22.4 Å². The molecule has 0 aliphatic heterocycles. The molecule has 0 fully saturated rings. The van der Waals surface area contributed by atoms with Crippen LogP contribution in [0.25, 0.3) is 5.65 Å². The first-order valence-electron chi connectivity index (χ1n) is 8.65. The van der Waals surface area contributed by atoms with Crippen molar-refractivity contribution < 1.29 is 14.3 Å². The van der Waals surface area contributed by atoms with Crippen molar-refractivity contribution in [2.24, 2.45) is 0 Å². The molecular weight excluding hydrogens is 424 g/mol. The Bertz CT molecular complexity index is 1180. The van der Waals surface area contributed by atoms with E-state index in [1.165, 1.54) is 16.8 Å². The van der Waals surface area contributed by atoms with Crippen molar-refractivity contribution in [2.75, 3.05) is 6.61 Å². The van der Waals surface area contributed by atoms with Gasteiger partial charge in [-0.2, -0.15) is 0 Å². The van der Waals surface area contributed by atoms with E-state index in [1.54, 1.807) is 18.2 Å². The smallest absolute Gasteiger partial charge is 0.345 e. The van der Waals surface area contributed by atoms with Crippen molar-refractivity contribution in [1.29, 1.82) is 0 Å². The molecule has 28 heavy (non-hydrogen) atoms. The highest BCUT2D eigenvalue weighted by Gasteiger charge is 2.19. The van der Waals surface area contributed by atoms with Gasteiger partial charge in [-0.25, -0.2) is 9.78 Å². The molecule has 7 heteroatoms. The molecule has 2 aromatic heterocycles. The number of aryl methyl sites for hydroxylation is 1. The van der Waals surface area contributed by atoms with E-state index in [1.807, 2.05) is 27.7 Å². The Balaban J connectivity index is 1.83. The van der Waals surface area contributed by atoms with E-state index in [0.717, 1.165) is 22.3 Å². The highest BCUT2D eigenvalue weighted by atomic mass is 79.9. The van der Waals surface area contributed by atoms with E-state index in [4.69, 9.17) is 4.74 Å². The summed E-state index contributed by atoms with van der Waals surface area (Å²) >= 11 is 3.28. The largest absolute Gasteiger partial charge is 0.454 e. The maximum Gasteiger partial charge on any atom is 0.345 e. The molecular formula is C21H19BrN2O4. The van der Waals surface area contributed by atoms with E-state index < -0.39 is 18.1 Å². The van der Waals surface area contributed by atoms with Crippen LogP contribution in [0, 0.1) is 27.7 Å². The summed E-state index contributed by atoms with van der Waals surface area (Å²) in [5, 5.41) is 0. The number of ketones is 1. The SMILES string of the molecule is Cc1cc(C(=O)COC(=O)c2cnc3ccc(Br)cn3c2=O)c(C)c(C)c1C. The molecule has 0 radical (unpaired) electrons. The average Bonchev–Trinajstić information content (AvgIpc) is 2.67. The molecule has 0 saturated heterocycles. The van der Waals surface area contributed by atoms with Crippen molar-refractivity contribution >= 4 is 33.3 Å². The van der Waals surface area contributed by atoms with Gasteiger partial charge in [-0.3, -0.25) is 14.0 Å². The Morgan fingerprint density at radius 3 is 2.50 bits per heavy atom. The molecule has 0 aliphatic rings. The van der Waals surface area contributed by atoms with Crippen LogP contribution in [0.3, 0.4) is 0 Å². The van der Waals surface area contributed by atoms with Gasteiger partial charge < -0.3 is 4.74 Å². The standard InChI is InChI=1S/C21H19BrN2O4/c1-11-7-16(14(4)13(3)12(11)2)18(25)10-28-21(27)17-8-23-19-6-5-15(22)9-24(19)20(17)26/h5-9H,10H2,1-4H3. The zero-order chi connectivity index (χ0) is 20.6. The summed E-state index contributed by atoms with van der Waals surface area (Å²) in [6, 6.07) is 5.19. The molecule has 3 aromatic rings. The summed E-state index contributed by atoms with van der Waals surface area (Å²) in [6.45, 7) is 7.33. The maximum atomic E-state index is 12.6. The summed E-state index contributed by atoms with van der Waals surface area (Å²) in [6.07, 6.45) is 2.69. The van der Waals surface area contributed by atoms with Crippen LogP contribution in [0.2, 0.25) is 0 Å². The molecule has 2 heterocycles. The van der Waals surface area contributed by atoms with Crippen LogP contribution in [0.4, 0.5) is 0 Å². The fourth-order valence-corrected chi connectivity index (χ4v) is 3.32. The van der Waals surface area contributed by atoms with Gasteiger partial charge in [0.25, 0.3) is 5.56 Å². The van der Waals surface area contributed by atoms with Gasteiger partial charge in [-0.1, -0.05) is 0 Å². The quantitative estimate of drug-likeness (QED) is 0.454. The molecule has 3 rings (SSSR count). The van der Waals surface area contributed by atoms with Crippen LogP contribution in [-0.2, 0) is 4.74 Å². The van der Waals surface area contributed by atoms with E-state index in [9.17, 15) is 14.4 Å². The molecule has 0 saturated carbocycles. The maximum absolute atomic E-state index is 12.6. The number of rotatable bonds is 4. The molecule has 0 spiro atoms. The third-order valence-corrected chi connectivity index (χ3v) is 5.47. The lowest BCUT2D eigenvalue weighted by atomic mass is 9.93. The molecule has 0 atom stereocenters. The van der Waals surface area contributed by atoms with Crippen LogP contribution in [0.15, 0.2) is 39.9 Å². The zero-order valence-electron chi connectivity index (χ0n) is 16.0. The number of fused-ring (bicyclic) bond motifs is 1. The van der Waals surface area contributed by atoms with Gasteiger partial charge in [0.1, 0.15) is 11.2 Å². The van der Waals surface area contributed by atoms with Gasteiger partial charge in [0.05, 0.1) is 0 Å². The van der Waals surface area contributed by atoms with Crippen LogP contribution >= 0.6 is 15.9 Å². The number of nitrogens with zero attached hydrogens (tertiary/aromatic N) is 2. The minimum absolute atomic E-state index is 0.226. The number of esters is 1. The topological polar surface area (TPSA) is 77.7 Å². The minimum Gasteiger partial charge on any atom is -0.454 e. The fourth-order valence-electron chi connectivity index (χ4n) is 2.98. The van der Waals surface area contributed by atoms with Gasteiger partial charge in [-0.15, -0.1) is 0 Å². The Morgan fingerprint density at radius 1 is 1.07 bits per heavy atom. The first-order valence-corrected chi connectivity index (χ1v) is 9.44. The Hall–Kier alpha value is -2.80. The lowest BCUT2D eigenvalue weighted by Crippen LogP contribution is -2.25. The van der Waals surface area contributed by atoms with Gasteiger partial charge in [0.15, 0.2) is 6.61 Å². The lowest BCUT2D eigenvalue weighted by molar-refractivity contribution is 0.0472. The summed E-state index contributed by atoms with van der Waals surface area (Å²) in [5.74, 6) is -1.19. The van der Waals surface area contributed by atoms with Crippen molar-refractivity contribution in [3.63, 3.8) is 0 Å². The Labute approximate surface area is 170 Å². The Kier molecular flexibility index (Phi) is 5.47. The second kappa shape index (κ2) is 7.67. The molecule has 144 valence electrons. The Morgan fingerprint density at radius 2 is 1.79 bits per heavy atom. The van der Waals surface area contributed by atoms with Crippen LogP contribution in [0.1, 0.15) is 43.0 Å². The number of halogens is 1. The summed E-state index contributed by atoms with van der Waals surface area (Å²) in [4.78, 5) is 41.6. The molecule has 0 bridgehead atoms. The molecule has 1 aromatic carbocycles. The number of benzene rings is 1. The van der Waals surface area contributed by atoms with E-state index in [2.05, 4.69) is 20.9 Å². The van der Waals surface area contributed by atoms with Crippen molar-refractivity contribution in [3.8, 4) is 0 Å². The van der Waals surface area contributed by atoms with Crippen LogP contribution in [0.5, 0.6) is 0 Å². The highest BCUT2D eigenvalue weighted by molar-refractivity contribution is 9.10. The minimum atomic E-state index is -0.876. The number of carbonyl (C=O) groups is 2. The number of Topliss-reactive ketones (excluding diaryl/α,β-unsaturated/α-hetero) is 1. The van der Waals surface area contributed by atoms with E-state index >= 15 is 0 Å². The van der Waals surface area contributed by atoms with Crippen LogP contribution in [-0.4, -0.2) is 27.7 Å². The van der Waals surface area contributed by atoms with E-state index in [0.29, 0.717) is 15.7 Å².